The molecule has 1 fully saturated rings. The van der Waals surface area contributed by atoms with Gasteiger partial charge in [-0.3, -0.25) is 20.3 Å². The van der Waals surface area contributed by atoms with Crippen LogP contribution in [0.25, 0.3) is 0 Å². The number of pyridine rings is 1. The third kappa shape index (κ3) is 2.42. The molecular weight excluding hydrogens is 223 g/mol. The van der Waals surface area contributed by atoms with Gasteiger partial charge in [0.2, 0.25) is 0 Å². The van der Waals surface area contributed by atoms with Crippen LogP contribution in [0.1, 0.15) is 0 Å². The van der Waals surface area contributed by atoms with Crippen molar-refractivity contribution in [1.82, 2.24) is 9.47 Å². The SMILES string of the molecule is CN1CCOCC1C(=N)n1cc(F)ccc1=N. The number of hydrogen-bond acceptors (Lipinski definition) is 4. The van der Waals surface area contributed by atoms with Gasteiger partial charge in [0.05, 0.1) is 19.3 Å². The third-order valence-corrected chi connectivity index (χ3v) is 2.88. The van der Waals surface area contributed by atoms with Crippen molar-refractivity contribution >= 4 is 5.84 Å². The predicted molar refractivity (Wildman–Crippen MR) is 60.6 cm³/mol. The van der Waals surface area contributed by atoms with Gasteiger partial charge in [0, 0.05) is 12.7 Å². The molecule has 0 aromatic carbocycles. The van der Waals surface area contributed by atoms with E-state index in [2.05, 4.69) is 0 Å². The first-order valence-electron chi connectivity index (χ1n) is 5.39. The zero-order valence-corrected chi connectivity index (χ0v) is 9.61. The van der Waals surface area contributed by atoms with Crippen molar-refractivity contribution in [3.8, 4) is 0 Å². The predicted octanol–water partition coefficient (Wildman–Crippen LogP) is 0.263. The highest BCUT2D eigenvalue weighted by molar-refractivity contribution is 5.86. The number of ether oxygens (including phenoxy) is 1. The molecule has 0 spiro atoms. The Kier molecular flexibility index (Phi) is 3.35. The van der Waals surface area contributed by atoms with Crippen LogP contribution in [-0.2, 0) is 4.74 Å². The molecule has 2 heterocycles. The number of halogens is 1. The molecule has 17 heavy (non-hydrogen) atoms. The summed E-state index contributed by atoms with van der Waals surface area (Å²) in [6, 6.07) is 2.32. The lowest BCUT2D eigenvalue weighted by molar-refractivity contribution is 0.0287. The lowest BCUT2D eigenvalue weighted by Gasteiger charge is -2.33. The Labute approximate surface area is 98.5 Å². The highest BCUT2D eigenvalue weighted by Crippen LogP contribution is 2.06. The van der Waals surface area contributed by atoms with E-state index >= 15 is 0 Å². The van der Waals surface area contributed by atoms with Crippen molar-refractivity contribution in [2.75, 3.05) is 26.8 Å². The average Bonchev–Trinajstić information content (AvgIpc) is 2.32. The van der Waals surface area contributed by atoms with Crippen LogP contribution in [0, 0.1) is 16.6 Å². The first-order valence-corrected chi connectivity index (χ1v) is 5.39. The summed E-state index contributed by atoms with van der Waals surface area (Å²) >= 11 is 0. The van der Waals surface area contributed by atoms with E-state index in [9.17, 15) is 4.39 Å². The molecule has 2 rings (SSSR count). The van der Waals surface area contributed by atoms with E-state index in [0.29, 0.717) is 13.2 Å². The van der Waals surface area contributed by atoms with Crippen LogP contribution in [-0.4, -0.2) is 48.2 Å². The monoisotopic (exact) mass is 238 g/mol. The van der Waals surface area contributed by atoms with E-state index in [1.165, 1.54) is 16.7 Å². The maximum Gasteiger partial charge on any atom is 0.140 e. The fourth-order valence-corrected chi connectivity index (χ4v) is 1.81. The summed E-state index contributed by atoms with van der Waals surface area (Å²) in [6.45, 7) is 1.77. The zero-order valence-electron chi connectivity index (χ0n) is 9.61. The molecule has 1 unspecified atom stereocenters. The fraction of sp³-hybridized carbons (Fsp3) is 0.455. The van der Waals surface area contributed by atoms with Crippen molar-refractivity contribution in [1.29, 1.82) is 10.8 Å². The first kappa shape index (κ1) is 11.9. The Hall–Kier alpha value is -1.53. The molecule has 1 atom stereocenters. The van der Waals surface area contributed by atoms with Gasteiger partial charge < -0.3 is 4.74 Å². The molecule has 1 aromatic heterocycles. The Morgan fingerprint density at radius 2 is 2.29 bits per heavy atom. The molecule has 0 amide bonds. The lowest BCUT2D eigenvalue weighted by Crippen LogP contribution is -2.51. The second-order valence-electron chi connectivity index (χ2n) is 4.06. The van der Waals surface area contributed by atoms with Crippen molar-refractivity contribution in [2.45, 2.75) is 6.04 Å². The number of rotatable bonds is 1. The van der Waals surface area contributed by atoms with Gasteiger partial charge in [0.25, 0.3) is 0 Å². The number of aromatic nitrogens is 1. The van der Waals surface area contributed by atoms with E-state index in [1.54, 1.807) is 0 Å². The summed E-state index contributed by atoms with van der Waals surface area (Å²) in [5.41, 5.74) is 0.0929. The molecule has 6 heteroatoms. The smallest absolute Gasteiger partial charge is 0.140 e. The van der Waals surface area contributed by atoms with Crippen LogP contribution in [0.5, 0.6) is 0 Å². The summed E-state index contributed by atoms with van der Waals surface area (Å²) < 4.78 is 19.7. The van der Waals surface area contributed by atoms with Crippen LogP contribution in [0.4, 0.5) is 4.39 Å². The number of morpholine rings is 1. The summed E-state index contributed by atoms with van der Waals surface area (Å²) in [6.07, 6.45) is 1.16. The van der Waals surface area contributed by atoms with E-state index in [0.717, 1.165) is 12.7 Å². The Balaban J connectivity index is 2.30. The highest BCUT2D eigenvalue weighted by Gasteiger charge is 2.25. The van der Waals surface area contributed by atoms with Crippen molar-refractivity contribution in [3.05, 3.63) is 29.6 Å². The largest absolute Gasteiger partial charge is 0.378 e. The van der Waals surface area contributed by atoms with Crippen molar-refractivity contribution < 1.29 is 9.13 Å². The van der Waals surface area contributed by atoms with Crippen molar-refractivity contribution in [3.63, 3.8) is 0 Å². The summed E-state index contributed by atoms with van der Waals surface area (Å²) in [5.74, 6) is -0.290. The van der Waals surface area contributed by atoms with Crippen LogP contribution in [0.15, 0.2) is 18.3 Å². The maximum absolute atomic E-state index is 13.1. The van der Waals surface area contributed by atoms with Crippen LogP contribution < -0.4 is 5.49 Å². The number of nitrogens with one attached hydrogen (secondary N) is 2. The number of likely N-dealkylation sites (N-methyl/N-ethyl adjacent to an activating group) is 1. The molecule has 0 bridgehead atoms. The Bertz CT molecular complexity index is 485. The second kappa shape index (κ2) is 4.77. The van der Waals surface area contributed by atoms with E-state index in [1.807, 2.05) is 11.9 Å². The lowest BCUT2D eigenvalue weighted by atomic mass is 10.2. The van der Waals surface area contributed by atoms with E-state index in [-0.39, 0.29) is 17.4 Å². The first-order chi connectivity index (χ1) is 8.09. The number of nitrogens with zero attached hydrogens (tertiary/aromatic N) is 2. The zero-order chi connectivity index (χ0) is 12.4. The maximum atomic E-state index is 13.1. The molecule has 1 aromatic rings. The molecule has 1 aliphatic heterocycles. The van der Waals surface area contributed by atoms with Gasteiger partial charge in [-0.15, -0.1) is 0 Å². The molecule has 0 aliphatic carbocycles. The minimum atomic E-state index is -0.454. The second-order valence-corrected chi connectivity index (χ2v) is 4.06. The van der Waals surface area contributed by atoms with Gasteiger partial charge >= 0.3 is 0 Å². The molecule has 1 saturated heterocycles. The molecule has 92 valence electrons. The minimum Gasteiger partial charge on any atom is -0.378 e. The average molecular weight is 238 g/mol. The Morgan fingerprint density at radius 3 is 3.00 bits per heavy atom. The van der Waals surface area contributed by atoms with Gasteiger partial charge in [0.1, 0.15) is 17.1 Å². The van der Waals surface area contributed by atoms with Crippen LogP contribution in [0.3, 0.4) is 0 Å². The standard InChI is InChI=1S/C11H15FN4O/c1-15-4-5-17-7-9(15)11(14)16-6-8(12)2-3-10(16)13/h2-3,6,9,13-14H,4-5,7H2,1H3. The minimum absolute atomic E-state index is 0.0929. The van der Waals surface area contributed by atoms with Crippen LogP contribution in [0.2, 0.25) is 0 Å². The topological polar surface area (TPSA) is 65.1 Å². The van der Waals surface area contributed by atoms with Gasteiger partial charge in [-0.05, 0) is 19.2 Å². The van der Waals surface area contributed by atoms with E-state index < -0.39 is 5.82 Å². The van der Waals surface area contributed by atoms with Gasteiger partial charge in [-0.2, -0.15) is 0 Å². The molecule has 0 radical (unpaired) electrons. The normalized spacial score (nSPS) is 21.4. The van der Waals surface area contributed by atoms with Gasteiger partial charge in [-0.25, -0.2) is 4.39 Å². The van der Waals surface area contributed by atoms with Gasteiger partial charge in [-0.1, -0.05) is 0 Å². The summed E-state index contributed by atoms with van der Waals surface area (Å²) in [4.78, 5) is 1.98. The summed E-state index contributed by atoms with van der Waals surface area (Å²) in [5, 5.41) is 15.7. The highest BCUT2D eigenvalue weighted by atomic mass is 19.1. The molecular formula is C11H15FN4O. The molecule has 0 saturated carbocycles. The number of hydrogen-bond donors (Lipinski definition) is 2. The van der Waals surface area contributed by atoms with Gasteiger partial charge in [0.15, 0.2) is 0 Å². The third-order valence-electron chi connectivity index (χ3n) is 2.88. The van der Waals surface area contributed by atoms with Crippen molar-refractivity contribution in [2.24, 2.45) is 0 Å². The molecule has 2 N–H and O–H groups in total. The molecule has 1 aliphatic rings. The molecule has 5 nitrogen and oxygen atoms in total. The quantitative estimate of drug-likeness (QED) is 0.544. The van der Waals surface area contributed by atoms with E-state index in [4.69, 9.17) is 15.6 Å². The summed E-state index contributed by atoms with van der Waals surface area (Å²) in [7, 11) is 1.89. The fourth-order valence-electron chi connectivity index (χ4n) is 1.81. The Morgan fingerprint density at radius 1 is 1.53 bits per heavy atom. The van der Waals surface area contributed by atoms with Crippen LogP contribution >= 0.6 is 0 Å².